The van der Waals surface area contributed by atoms with Gasteiger partial charge in [-0.15, -0.1) is 11.3 Å². The van der Waals surface area contributed by atoms with E-state index in [4.69, 9.17) is 4.74 Å². The van der Waals surface area contributed by atoms with Crippen LogP contribution in [0.1, 0.15) is 30.0 Å². The number of imidazole rings is 1. The van der Waals surface area contributed by atoms with Crippen molar-refractivity contribution in [1.29, 1.82) is 0 Å². The molecule has 2 aromatic heterocycles. The number of hydrogen-bond acceptors (Lipinski definition) is 4. The van der Waals surface area contributed by atoms with Crippen LogP contribution in [-0.2, 0) is 29.1 Å². The maximum absolute atomic E-state index is 12.9. The Morgan fingerprint density at radius 3 is 3.04 bits per heavy atom. The van der Waals surface area contributed by atoms with Crippen molar-refractivity contribution in [2.45, 2.75) is 32.5 Å². The van der Waals surface area contributed by atoms with Crippen molar-refractivity contribution in [3.8, 4) is 0 Å². The molecule has 1 unspecified atom stereocenters. The minimum absolute atomic E-state index is 0.0169. The monoisotopic (exact) mass is 355 g/mol. The van der Waals surface area contributed by atoms with Crippen LogP contribution >= 0.6 is 11.3 Å². The van der Waals surface area contributed by atoms with Gasteiger partial charge in [-0.2, -0.15) is 0 Å². The van der Waals surface area contributed by atoms with Gasteiger partial charge in [-0.3, -0.25) is 4.79 Å². The Labute approximate surface area is 150 Å². The molecule has 130 valence electrons. The van der Waals surface area contributed by atoms with Crippen molar-refractivity contribution in [2.75, 3.05) is 13.7 Å². The van der Waals surface area contributed by atoms with Crippen LogP contribution in [0.4, 0.5) is 0 Å². The van der Waals surface area contributed by atoms with Crippen LogP contribution in [0, 0.1) is 0 Å². The van der Waals surface area contributed by atoms with Crippen LogP contribution in [0.2, 0.25) is 0 Å². The summed E-state index contributed by atoms with van der Waals surface area (Å²) in [4.78, 5) is 19.4. The number of carbonyl (C=O) groups is 1. The fourth-order valence-electron chi connectivity index (χ4n) is 3.60. The minimum Gasteiger partial charge on any atom is -0.378 e. The number of aromatic nitrogens is 2. The molecule has 4 rings (SSSR count). The molecule has 3 aromatic rings. The molecule has 0 aliphatic carbocycles. The number of fused-ring (bicyclic) bond motifs is 2. The molecule has 1 aliphatic heterocycles. The van der Waals surface area contributed by atoms with Crippen LogP contribution in [0.5, 0.6) is 0 Å². The summed E-state index contributed by atoms with van der Waals surface area (Å²) in [7, 11) is 1.69. The molecule has 5 nitrogen and oxygen atoms in total. The summed E-state index contributed by atoms with van der Waals surface area (Å²) in [6.45, 7) is 4.09. The van der Waals surface area contributed by atoms with E-state index in [2.05, 4.69) is 34.0 Å². The van der Waals surface area contributed by atoms with Gasteiger partial charge in [-0.25, -0.2) is 4.98 Å². The predicted octanol–water partition coefficient (Wildman–Crippen LogP) is 3.39. The third-order valence-corrected chi connectivity index (χ3v) is 5.90. The molecule has 0 spiro atoms. The topological polar surface area (TPSA) is 47.4 Å². The summed E-state index contributed by atoms with van der Waals surface area (Å²) in [5.41, 5.74) is 2.19. The number of benzene rings is 1. The first-order valence-corrected chi connectivity index (χ1v) is 9.35. The van der Waals surface area contributed by atoms with Crippen molar-refractivity contribution in [2.24, 2.45) is 0 Å². The van der Waals surface area contributed by atoms with Gasteiger partial charge in [0.05, 0.1) is 31.0 Å². The first kappa shape index (κ1) is 16.3. The highest BCUT2D eigenvalue weighted by Gasteiger charge is 2.30. The molecule has 0 saturated heterocycles. The van der Waals surface area contributed by atoms with Gasteiger partial charge < -0.3 is 14.2 Å². The lowest BCUT2D eigenvalue weighted by Gasteiger charge is -2.34. The maximum Gasteiger partial charge on any atom is 0.227 e. The van der Waals surface area contributed by atoms with E-state index in [1.54, 1.807) is 18.4 Å². The van der Waals surface area contributed by atoms with Gasteiger partial charge in [0.25, 0.3) is 0 Å². The zero-order valence-corrected chi connectivity index (χ0v) is 15.3. The van der Waals surface area contributed by atoms with Crippen molar-refractivity contribution in [3.63, 3.8) is 0 Å². The number of nitrogens with zero attached hydrogens (tertiary/aromatic N) is 3. The predicted molar refractivity (Wildman–Crippen MR) is 98.6 cm³/mol. The molecular formula is C19H21N3O2S. The van der Waals surface area contributed by atoms with E-state index >= 15 is 0 Å². The summed E-state index contributed by atoms with van der Waals surface area (Å²) in [5.74, 6) is 1.11. The summed E-state index contributed by atoms with van der Waals surface area (Å²) in [6, 6.07) is 8.25. The second kappa shape index (κ2) is 6.61. The Morgan fingerprint density at radius 2 is 2.20 bits per heavy atom. The van der Waals surface area contributed by atoms with Gasteiger partial charge in [0.2, 0.25) is 5.91 Å². The lowest BCUT2D eigenvalue weighted by molar-refractivity contribution is -0.133. The average Bonchev–Trinajstić information content (AvgIpc) is 3.21. The van der Waals surface area contributed by atoms with Gasteiger partial charge in [0.15, 0.2) is 0 Å². The SMILES string of the molecule is COCc1cnc2n1CCN(C(=O)Cc1csc3ccccc13)C2C. The van der Waals surface area contributed by atoms with Crippen LogP contribution in [-0.4, -0.2) is 34.0 Å². The number of hydrogen-bond donors (Lipinski definition) is 0. The molecule has 0 N–H and O–H groups in total. The van der Waals surface area contributed by atoms with Crippen molar-refractivity contribution >= 4 is 27.3 Å². The number of rotatable bonds is 4. The Bertz CT molecular complexity index is 914. The molecule has 25 heavy (non-hydrogen) atoms. The molecule has 1 amide bonds. The summed E-state index contributed by atoms with van der Waals surface area (Å²) >= 11 is 1.70. The smallest absolute Gasteiger partial charge is 0.227 e. The number of thiophene rings is 1. The number of ether oxygens (including phenoxy) is 1. The molecular weight excluding hydrogens is 334 g/mol. The average molecular weight is 355 g/mol. The number of carbonyl (C=O) groups excluding carboxylic acids is 1. The van der Waals surface area contributed by atoms with E-state index in [9.17, 15) is 4.79 Å². The lowest BCUT2D eigenvalue weighted by atomic mass is 10.1. The molecule has 6 heteroatoms. The van der Waals surface area contributed by atoms with E-state index < -0.39 is 0 Å². The van der Waals surface area contributed by atoms with E-state index in [0.717, 1.165) is 23.6 Å². The fourth-order valence-corrected chi connectivity index (χ4v) is 4.56. The van der Waals surface area contributed by atoms with Crippen LogP contribution in [0.15, 0.2) is 35.8 Å². The molecule has 1 aromatic carbocycles. The Kier molecular flexibility index (Phi) is 4.31. The van der Waals surface area contributed by atoms with Crippen LogP contribution in [0.3, 0.4) is 0 Å². The van der Waals surface area contributed by atoms with E-state index in [-0.39, 0.29) is 11.9 Å². The van der Waals surface area contributed by atoms with E-state index in [1.165, 1.54) is 10.1 Å². The standard InChI is InChI=1S/C19H21N3O2S/c1-13-19-20-10-15(11-24-2)22(19)8-7-21(13)18(23)9-14-12-25-17-6-4-3-5-16(14)17/h3-6,10,12-13H,7-9,11H2,1-2H3. The molecule has 0 radical (unpaired) electrons. The lowest BCUT2D eigenvalue weighted by Crippen LogP contribution is -2.42. The van der Waals surface area contributed by atoms with Crippen LogP contribution < -0.4 is 0 Å². The minimum atomic E-state index is -0.0169. The molecule has 1 atom stereocenters. The van der Waals surface area contributed by atoms with Gasteiger partial charge in [0, 0.05) is 24.9 Å². The molecule has 0 fully saturated rings. The van der Waals surface area contributed by atoms with Crippen molar-refractivity contribution in [1.82, 2.24) is 14.5 Å². The number of methoxy groups -OCH3 is 1. The molecule has 0 bridgehead atoms. The zero-order chi connectivity index (χ0) is 17.4. The summed E-state index contributed by atoms with van der Waals surface area (Å²) in [5, 5.41) is 3.30. The number of amides is 1. The third-order valence-electron chi connectivity index (χ3n) is 4.89. The molecule has 1 aliphatic rings. The second-order valence-corrected chi connectivity index (χ2v) is 7.30. The Hall–Kier alpha value is -2.18. The van der Waals surface area contributed by atoms with Crippen molar-refractivity contribution in [3.05, 3.63) is 52.9 Å². The largest absolute Gasteiger partial charge is 0.378 e. The van der Waals surface area contributed by atoms with Crippen molar-refractivity contribution < 1.29 is 9.53 Å². The van der Waals surface area contributed by atoms with Crippen LogP contribution in [0.25, 0.3) is 10.1 Å². The second-order valence-electron chi connectivity index (χ2n) is 6.39. The first-order valence-electron chi connectivity index (χ1n) is 8.47. The van der Waals surface area contributed by atoms with Gasteiger partial charge >= 0.3 is 0 Å². The Balaban J connectivity index is 1.54. The first-order chi connectivity index (χ1) is 12.2. The fraction of sp³-hybridized carbons (Fsp3) is 0.368. The molecule has 3 heterocycles. The highest BCUT2D eigenvalue weighted by molar-refractivity contribution is 7.17. The van der Waals surface area contributed by atoms with E-state index in [1.807, 2.05) is 23.2 Å². The normalized spacial score (nSPS) is 17.0. The molecule has 0 saturated carbocycles. The van der Waals surface area contributed by atoms with Gasteiger partial charge in [0.1, 0.15) is 5.82 Å². The Morgan fingerprint density at radius 1 is 1.36 bits per heavy atom. The third kappa shape index (κ3) is 2.85. The highest BCUT2D eigenvalue weighted by atomic mass is 32.1. The quantitative estimate of drug-likeness (QED) is 0.721. The maximum atomic E-state index is 12.9. The summed E-state index contributed by atoms with van der Waals surface area (Å²) < 4.78 is 8.64. The zero-order valence-electron chi connectivity index (χ0n) is 14.4. The highest BCUT2D eigenvalue weighted by Crippen LogP contribution is 2.29. The summed E-state index contributed by atoms with van der Waals surface area (Å²) in [6.07, 6.45) is 2.30. The van der Waals surface area contributed by atoms with E-state index in [0.29, 0.717) is 19.6 Å². The van der Waals surface area contributed by atoms with Gasteiger partial charge in [-0.1, -0.05) is 18.2 Å². The van der Waals surface area contributed by atoms with Gasteiger partial charge in [-0.05, 0) is 29.3 Å².